The van der Waals surface area contributed by atoms with Gasteiger partial charge in [-0.3, -0.25) is 14.7 Å². The average Bonchev–Trinajstić information content (AvgIpc) is 3.38. The lowest BCUT2D eigenvalue weighted by Crippen LogP contribution is -2.33. The van der Waals surface area contributed by atoms with Gasteiger partial charge in [0, 0.05) is 25.6 Å². The average molecular weight is 457 g/mol. The normalized spacial score (nSPS) is 18.0. The van der Waals surface area contributed by atoms with Gasteiger partial charge in [0.1, 0.15) is 11.9 Å². The van der Waals surface area contributed by atoms with Crippen LogP contribution in [0.5, 0.6) is 0 Å². The van der Waals surface area contributed by atoms with Crippen molar-refractivity contribution in [2.45, 2.75) is 19.6 Å². The van der Waals surface area contributed by atoms with Crippen LogP contribution in [0.4, 0.5) is 14.9 Å². The van der Waals surface area contributed by atoms with E-state index < -0.39 is 18.0 Å². The first-order valence-corrected chi connectivity index (χ1v) is 11.6. The van der Waals surface area contributed by atoms with Crippen LogP contribution < -0.4 is 10.2 Å². The molecule has 2 aromatic carbocycles. The lowest BCUT2D eigenvalue weighted by atomic mass is 10.0. The Morgan fingerprint density at radius 2 is 2.06 bits per heavy atom. The number of aliphatic imine (C=N–C) groups is 1. The molecule has 2 amide bonds. The number of nitrogens with zero attached hydrogens (tertiary/aromatic N) is 3. The van der Waals surface area contributed by atoms with E-state index in [9.17, 15) is 14.0 Å². The van der Waals surface area contributed by atoms with Crippen LogP contribution in [0.2, 0.25) is 0 Å². The number of anilines is 1. The van der Waals surface area contributed by atoms with Crippen LogP contribution in [-0.4, -0.2) is 60.6 Å². The summed E-state index contributed by atoms with van der Waals surface area (Å²) < 4.78 is 20.2. The lowest BCUT2D eigenvalue weighted by molar-refractivity contribution is -0.119. The number of carbonyl (C=O) groups is 2. The molecule has 0 spiro atoms. The smallest absolute Gasteiger partial charge is 0.414 e. The van der Waals surface area contributed by atoms with Gasteiger partial charge < -0.3 is 15.0 Å². The summed E-state index contributed by atoms with van der Waals surface area (Å²) in [6.45, 7) is 4.40. The number of nitrogens with one attached hydrogen (secondary N) is 1. The van der Waals surface area contributed by atoms with E-state index in [0.29, 0.717) is 11.3 Å². The molecule has 1 saturated heterocycles. The number of amides is 2. The van der Waals surface area contributed by atoms with Crippen molar-refractivity contribution in [1.29, 1.82) is 0 Å². The molecule has 2 heterocycles. The van der Waals surface area contributed by atoms with Gasteiger partial charge in [-0.15, -0.1) is 0 Å². The molecule has 4 rings (SSSR count). The second-order valence-corrected chi connectivity index (χ2v) is 8.48. The van der Waals surface area contributed by atoms with E-state index in [4.69, 9.17) is 4.74 Å². The number of hydrogen-bond acceptors (Lipinski definition) is 6. The van der Waals surface area contributed by atoms with Gasteiger partial charge in [-0.2, -0.15) is 0 Å². The number of cyclic esters (lactones) is 1. The fourth-order valence-electron chi connectivity index (χ4n) is 3.81. The van der Waals surface area contributed by atoms with E-state index in [1.807, 2.05) is 30.5 Å². The highest BCUT2D eigenvalue weighted by Crippen LogP contribution is 2.29. The molecule has 0 aromatic heterocycles. The fourth-order valence-corrected chi connectivity index (χ4v) is 4.45. The molecule has 7 nitrogen and oxygen atoms in total. The van der Waals surface area contributed by atoms with Gasteiger partial charge in [0.15, 0.2) is 5.17 Å². The number of rotatable bonds is 6. The lowest BCUT2D eigenvalue weighted by Gasteiger charge is -2.19. The summed E-state index contributed by atoms with van der Waals surface area (Å²) in [5.41, 5.74) is 2.80. The largest absolute Gasteiger partial charge is 0.442 e. The first-order chi connectivity index (χ1) is 15.4. The Bertz CT molecular complexity index is 1040. The summed E-state index contributed by atoms with van der Waals surface area (Å²) in [6, 6.07) is 12.6. The maximum Gasteiger partial charge on any atom is 0.414 e. The number of carbonyl (C=O) groups excluding carboxylic acids is 2. The van der Waals surface area contributed by atoms with Gasteiger partial charge in [0.25, 0.3) is 0 Å². The third-order valence-electron chi connectivity index (χ3n) is 5.43. The number of hydrogen-bond donors (Lipinski definition) is 1. The van der Waals surface area contributed by atoms with Crippen molar-refractivity contribution in [3.63, 3.8) is 0 Å². The van der Waals surface area contributed by atoms with Gasteiger partial charge in [-0.25, -0.2) is 9.18 Å². The van der Waals surface area contributed by atoms with E-state index in [0.717, 1.165) is 35.9 Å². The predicted octanol–water partition coefficient (Wildman–Crippen LogP) is 3.49. The van der Waals surface area contributed by atoms with Crippen molar-refractivity contribution < 1.29 is 18.7 Å². The van der Waals surface area contributed by atoms with Gasteiger partial charge in [0.2, 0.25) is 5.91 Å². The zero-order chi connectivity index (χ0) is 22.7. The van der Waals surface area contributed by atoms with Crippen LogP contribution >= 0.6 is 11.8 Å². The fraction of sp³-hybridized carbons (Fsp3) is 0.348. The molecule has 0 saturated carbocycles. The minimum atomic E-state index is -0.549. The van der Waals surface area contributed by atoms with Crippen molar-refractivity contribution in [2.75, 3.05) is 37.3 Å². The summed E-state index contributed by atoms with van der Waals surface area (Å²) in [7, 11) is 0. The standard InChI is InChI=1S/C23H25FN4O3S/c1-15(29)26-12-19-14-28(23(30)31-19)18-7-8-20(21(24)11-18)17-5-3-16(4-6-17)13-27-10-9-25-22(27)32-2/h3-8,11,19H,9-10,12-14H2,1-2H3,(H,26,29). The zero-order valence-electron chi connectivity index (χ0n) is 18.0. The van der Waals surface area contributed by atoms with Gasteiger partial charge in [-0.1, -0.05) is 36.0 Å². The minimum Gasteiger partial charge on any atom is -0.442 e. The number of benzene rings is 2. The van der Waals surface area contributed by atoms with Crippen LogP contribution in [0.3, 0.4) is 0 Å². The van der Waals surface area contributed by atoms with E-state index in [-0.39, 0.29) is 19.0 Å². The molecule has 168 valence electrons. The molecule has 2 aliphatic heterocycles. The SMILES string of the molecule is CSC1=NCCN1Cc1ccc(-c2ccc(N3CC(CNC(C)=O)OC3=O)cc2F)cc1. The monoisotopic (exact) mass is 456 g/mol. The molecule has 0 radical (unpaired) electrons. The molecule has 2 aromatic rings. The molecular weight excluding hydrogens is 431 g/mol. The Hall–Kier alpha value is -3.07. The van der Waals surface area contributed by atoms with E-state index >= 15 is 0 Å². The van der Waals surface area contributed by atoms with Crippen LogP contribution in [0, 0.1) is 5.82 Å². The first kappa shape index (κ1) is 22.1. The number of halogens is 1. The molecule has 1 unspecified atom stereocenters. The number of amidine groups is 1. The van der Waals surface area contributed by atoms with Crippen LogP contribution in [0.25, 0.3) is 11.1 Å². The van der Waals surface area contributed by atoms with Gasteiger partial charge in [-0.05, 0) is 35.6 Å². The molecule has 2 aliphatic rings. The third-order valence-corrected chi connectivity index (χ3v) is 6.18. The van der Waals surface area contributed by atoms with Gasteiger partial charge >= 0.3 is 6.09 Å². The highest BCUT2D eigenvalue weighted by molar-refractivity contribution is 8.13. The van der Waals surface area contributed by atoms with Crippen molar-refractivity contribution >= 4 is 34.6 Å². The minimum absolute atomic E-state index is 0.195. The maximum absolute atomic E-state index is 14.9. The summed E-state index contributed by atoms with van der Waals surface area (Å²) in [5, 5.41) is 3.68. The third kappa shape index (κ3) is 4.88. The van der Waals surface area contributed by atoms with E-state index in [2.05, 4.69) is 15.2 Å². The Morgan fingerprint density at radius 1 is 1.28 bits per heavy atom. The maximum atomic E-state index is 14.9. The van der Waals surface area contributed by atoms with Crippen molar-refractivity contribution in [1.82, 2.24) is 10.2 Å². The molecule has 1 N–H and O–H groups in total. The van der Waals surface area contributed by atoms with E-state index in [1.165, 1.54) is 17.9 Å². The predicted molar refractivity (Wildman–Crippen MR) is 124 cm³/mol. The van der Waals surface area contributed by atoms with Crippen LogP contribution in [0.1, 0.15) is 12.5 Å². The van der Waals surface area contributed by atoms with Crippen molar-refractivity contribution in [2.24, 2.45) is 4.99 Å². The Balaban J connectivity index is 1.44. The van der Waals surface area contributed by atoms with Crippen molar-refractivity contribution in [3.8, 4) is 11.1 Å². The quantitative estimate of drug-likeness (QED) is 0.720. The molecule has 0 aliphatic carbocycles. The molecule has 0 bridgehead atoms. The highest BCUT2D eigenvalue weighted by Gasteiger charge is 2.32. The number of thioether (sulfide) groups is 1. The van der Waals surface area contributed by atoms with Crippen molar-refractivity contribution in [3.05, 3.63) is 53.8 Å². The summed E-state index contributed by atoms with van der Waals surface area (Å²) in [5.74, 6) is -0.608. The Labute approximate surface area is 190 Å². The van der Waals surface area contributed by atoms with E-state index in [1.54, 1.807) is 23.9 Å². The molecular formula is C23H25FN4O3S. The molecule has 1 atom stereocenters. The van der Waals surface area contributed by atoms with Crippen LogP contribution in [-0.2, 0) is 16.1 Å². The molecule has 1 fully saturated rings. The topological polar surface area (TPSA) is 74.2 Å². The highest BCUT2D eigenvalue weighted by atomic mass is 32.2. The zero-order valence-corrected chi connectivity index (χ0v) is 18.8. The summed E-state index contributed by atoms with van der Waals surface area (Å²) in [4.78, 5) is 31.3. The number of ether oxygens (including phenoxy) is 1. The first-order valence-electron chi connectivity index (χ1n) is 10.4. The van der Waals surface area contributed by atoms with Crippen LogP contribution in [0.15, 0.2) is 47.5 Å². The summed E-state index contributed by atoms with van der Waals surface area (Å²) in [6.07, 6.45) is 1.01. The second-order valence-electron chi connectivity index (χ2n) is 7.70. The Morgan fingerprint density at radius 3 is 2.75 bits per heavy atom. The Kier molecular flexibility index (Phi) is 6.64. The summed E-state index contributed by atoms with van der Waals surface area (Å²) >= 11 is 1.65. The molecule has 32 heavy (non-hydrogen) atoms. The van der Waals surface area contributed by atoms with Gasteiger partial charge in [0.05, 0.1) is 25.3 Å². The second kappa shape index (κ2) is 9.60. The molecule has 9 heteroatoms.